The van der Waals surface area contributed by atoms with E-state index in [2.05, 4.69) is 15.2 Å². The first-order chi connectivity index (χ1) is 17.7. The number of Topliss-reactive ketones (excluding diaryl/α,β-unsaturated/α-hetero) is 1. The van der Waals surface area contributed by atoms with Crippen LogP contribution in [0.5, 0.6) is 5.75 Å². The van der Waals surface area contributed by atoms with Gasteiger partial charge >= 0.3 is 0 Å². The molecule has 0 saturated carbocycles. The molecule has 1 atom stereocenters. The number of hydrogen-bond acceptors (Lipinski definition) is 10. The van der Waals surface area contributed by atoms with Gasteiger partial charge in [-0.05, 0) is 43.2 Å². The molecule has 1 aliphatic heterocycles. The highest BCUT2D eigenvalue weighted by atomic mass is 35.5. The Kier molecular flexibility index (Phi) is 7.04. The molecule has 0 fully saturated rings. The quantitative estimate of drug-likeness (QED) is 0.157. The number of rotatable bonds is 7. The van der Waals surface area contributed by atoms with Crippen LogP contribution in [0.4, 0.5) is 5.13 Å². The molecule has 5 rings (SSSR count). The van der Waals surface area contributed by atoms with E-state index in [1.165, 1.54) is 40.1 Å². The molecule has 0 radical (unpaired) electrons. The zero-order valence-electron chi connectivity index (χ0n) is 19.5. The summed E-state index contributed by atoms with van der Waals surface area (Å²) in [6, 6.07) is 12.7. The van der Waals surface area contributed by atoms with E-state index in [1.54, 1.807) is 26.0 Å². The highest BCUT2D eigenvalue weighted by Crippen LogP contribution is 2.45. The van der Waals surface area contributed by atoms with Crippen LogP contribution in [0.1, 0.15) is 37.5 Å². The number of thioether (sulfide) groups is 1. The van der Waals surface area contributed by atoms with Crippen LogP contribution in [-0.2, 0) is 10.5 Å². The molecular weight excluding hydrogens is 552 g/mol. The third-order valence-electron chi connectivity index (χ3n) is 5.66. The highest BCUT2D eigenvalue weighted by Gasteiger charge is 2.46. The van der Waals surface area contributed by atoms with Gasteiger partial charge < -0.3 is 10.2 Å². The number of phenolic OH excluding ortho intramolecular Hbond substituents is 1. The number of hydrogen-bond donors (Lipinski definition) is 2. The zero-order chi connectivity index (χ0) is 26.3. The van der Waals surface area contributed by atoms with E-state index in [4.69, 9.17) is 11.6 Å². The lowest BCUT2D eigenvalue weighted by Gasteiger charge is -2.24. The van der Waals surface area contributed by atoms with Crippen LogP contribution < -0.4 is 4.90 Å². The van der Waals surface area contributed by atoms with Crippen molar-refractivity contribution in [3.63, 3.8) is 0 Å². The summed E-state index contributed by atoms with van der Waals surface area (Å²) in [4.78, 5) is 32.9. The first kappa shape index (κ1) is 25.4. The van der Waals surface area contributed by atoms with E-state index in [1.807, 2.05) is 24.3 Å². The third kappa shape index (κ3) is 4.87. The van der Waals surface area contributed by atoms with Crippen LogP contribution in [0.15, 0.2) is 64.2 Å². The number of carbonyl (C=O) groups is 2. The number of aliphatic hydroxyl groups is 1. The Labute approximate surface area is 229 Å². The average Bonchev–Trinajstić information content (AvgIpc) is 3.54. The Morgan fingerprint density at radius 2 is 1.89 bits per heavy atom. The molecule has 2 aromatic carbocycles. The number of nitrogens with zero attached hydrogens (tertiary/aromatic N) is 4. The zero-order valence-corrected chi connectivity index (χ0v) is 22.7. The number of aliphatic hydroxyl groups excluding tert-OH is 1. The monoisotopic (exact) mass is 570 g/mol. The summed E-state index contributed by atoms with van der Waals surface area (Å²) in [5.41, 5.74) is 1.80. The second-order valence-corrected chi connectivity index (χ2v) is 11.9. The molecule has 37 heavy (non-hydrogen) atoms. The number of amides is 1. The van der Waals surface area contributed by atoms with Gasteiger partial charge in [-0.1, -0.05) is 65.0 Å². The molecule has 12 heteroatoms. The van der Waals surface area contributed by atoms with Crippen molar-refractivity contribution in [2.75, 3.05) is 4.90 Å². The minimum Gasteiger partial charge on any atom is -0.508 e. The number of phenols is 1. The van der Waals surface area contributed by atoms with Crippen molar-refractivity contribution in [2.24, 2.45) is 0 Å². The van der Waals surface area contributed by atoms with E-state index >= 15 is 0 Å². The summed E-state index contributed by atoms with van der Waals surface area (Å²) in [6.45, 7) is 3.49. The fourth-order valence-corrected chi connectivity index (χ4v) is 7.05. The fraction of sp³-hybridized carbons (Fsp3) is 0.160. The normalized spacial score (nSPS) is 15.6. The minimum atomic E-state index is -1.01. The van der Waals surface area contributed by atoms with Crippen molar-refractivity contribution in [3.8, 4) is 5.75 Å². The summed E-state index contributed by atoms with van der Waals surface area (Å²) in [6.07, 6.45) is 0. The van der Waals surface area contributed by atoms with E-state index in [0.717, 1.165) is 16.9 Å². The SMILES string of the molecule is Cc1nc(C)c(C(=O)C2=C(O)C(=O)N(c3nnc(SCc4ccccc4Cl)s3)C2c2cccc(O)c2)s1. The van der Waals surface area contributed by atoms with Crippen molar-refractivity contribution in [2.45, 2.75) is 30.0 Å². The molecular formula is C25H19ClN4O4S3. The Morgan fingerprint density at radius 3 is 2.59 bits per heavy atom. The lowest BCUT2D eigenvalue weighted by Crippen LogP contribution is -2.31. The second-order valence-electron chi connectivity index (χ2n) is 8.14. The van der Waals surface area contributed by atoms with Crippen molar-refractivity contribution >= 4 is 62.9 Å². The summed E-state index contributed by atoms with van der Waals surface area (Å²) in [7, 11) is 0. The topological polar surface area (TPSA) is 117 Å². The van der Waals surface area contributed by atoms with Gasteiger partial charge in [-0.3, -0.25) is 14.5 Å². The summed E-state index contributed by atoms with van der Waals surface area (Å²) < 4.78 is 0.588. The van der Waals surface area contributed by atoms with Crippen molar-refractivity contribution in [1.29, 1.82) is 0 Å². The van der Waals surface area contributed by atoms with E-state index in [0.29, 0.717) is 36.3 Å². The molecule has 3 heterocycles. The summed E-state index contributed by atoms with van der Waals surface area (Å²) >= 11 is 10.0. The maximum absolute atomic E-state index is 13.6. The number of anilines is 1. The first-order valence-corrected chi connectivity index (χ1v) is 14.0. The van der Waals surface area contributed by atoms with E-state index in [9.17, 15) is 19.8 Å². The van der Waals surface area contributed by atoms with Gasteiger partial charge in [0.15, 0.2) is 10.1 Å². The molecule has 0 spiro atoms. The molecule has 0 aliphatic carbocycles. The number of thiazole rings is 1. The number of benzene rings is 2. The average molecular weight is 571 g/mol. The van der Waals surface area contributed by atoms with Gasteiger partial charge in [-0.15, -0.1) is 21.5 Å². The van der Waals surface area contributed by atoms with E-state index < -0.39 is 23.5 Å². The predicted molar refractivity (Wildman–Crippen MR) is 145 cm³/mol. The molecule has 1 unspecified atom stereocenters. The lowest BCUT2D eigenvalue weighted by atomic mass is 9.95. The molecule has 2 N–H and O–H groups in total. The molecule has 2 aromatic heterocycles. The van der Waals surface area contributed by atoms with Crippen LogP contribution >= 0.6 is 46.0 Å². The smallest absolute Gasteiger partial charge is 0.296 e. The highest BCUT2D eigenvalue weighted by molar-refractivity contribution is 8.00. The largest absolute Gasteiger partial charge is 0.508 e. The minimum absolute atomic E-state index is 0.0406. The molecule has 1 amide bonds. The van der Waals surface area contributed by atoms with Crippen molar-refractivity contribution in [1.82, 2.24) is 15.2 Å². The van der Waals surface area contributed by atoms with Gasteiger partial charge in [0.2, 0.25) is 10.9 Å². The van der Waals surface area contributed by atoms with Crippen molar-refractivity contribution < 1.29 is 19.8 Å². The van der Waals surface area contributed by atoms with E-state index in [-0.39, 0.29) is 16.5 Å². The molecule has 8 nitrogen and oxygen atoms in total. The van der Waals surface area contributed by atoms with Crippen LogP contribution in [0.25, 0.3) is 0 Å². The van der Waals surface area contributed by atoms with Gasteiger partial charge in [-0.25, -0.2) is 4.98 Å². The number of aryl methyl sites for hydroxylation is 2. The summed E-state index contributed by atoms with van der Waals surface area (Å²) in [5.74, 6) is -1.42. The number of aromatic hydroxyl groups is 1. The molecule has 188 valence electrons. The number of carbonyl (C=O) groups excluding carboxylic acids is 2. The molecule has 0 saturated heterocycles. The Morgan fingerprint density at radius 1 is 1.11 bits per heavy atom. The summed E-state index contributed by atoms with van der Waals surface area (Å²) in [5, 5.41) is 31.0. The third-order valence-corrected chi connectivity index (χ3v) is 9.20. The Bertz CT molecular complexity index is 1560. The maximum atomic E-state index is 13.6. The standard InChI is InChI=1S/C25H19ClN4O4S3/c1-12-22(36-13(2)27-12)20(32)18-19(14-7-5-8-16(31)10-14)30(23(34)21(18)33)24-28-29-25(37-24)35-11-15-6-3-4-9-17(15)26/h3-10,19,31,33H,11H2,1-2H3. The first-order valence-electron chi connectivity index (χ1n) is 11.0. The Hall–Kier alpha value is -3.25. The lowest BCUT2D eigenvalue weighted by molar-refractivity contribution is -0.117. The second kappa shape index (κ2) is 10.3. The van der Waals surface area contributed by atoms with Gasteiger partial charge in [0, 0.05) is 10.8 Å². The molecule has 1 aliphatic rings. The Balaban J connectivity index is 1.52. The van der Waals surface area contributed by atoms with Gasteiger partial charge in [0.1, 0.15) is 5.75 Å². The number of aromatic nitrogens is 3. The van der Waals surface area contributed by atoms with Crippen LogP contribution in [-0.4, -0.2) is 37.1 Å². The van der Waals surface area contributed by atoms with Crippen LogP contribution in [0.2, 0.25) is 5.02 Å². The fourth-order valence-electron chi connectivity index (χ4n) is 4.02. The predicted octanol–water partition coefficient (Wildman–Crippen LogP) is 6.05. The number of ketones is 1. The van der Waals surface area contributed by atoms with Crippen LogP contribution in [0.3, 0.4) is 0 Å². The van der Waals surface area contributed by atoms with Gasteiger partial charge in [0.25, 0.3) is 5.91 Å². The maximum Gasteiger partial charge on any atom is 0.296 e. The molecule has 4 aromatic rings. The van der Waals surface area contributed by atoms with Gasteiger partial charge in [0.05, 0.1) is 27.2 Å². The number of halogens is 1. The van der Waals surface area contributed by atoms with Crippen LogP contribution in [0, 0.1) is 13.8 Å². The molecule has 0 bridgehead atoms. The van der Waals surface area contributed by atoms with Crippen molar-refractivity contribution in [3.05, 3.63) is 91.6 Å². The van der Waals surface area contributed by atoms with Gasteiger partial charge in [-0.2, -0.15) is 0 Å².